The summed E-state index contributed by atoms with van der Waals surface area (Å²) in [5.41, 5.74) is 1.56. The van der Waals surface area contributed by atoms with Gasteiger partial charge in [-0.3, -0.25) is 9.59 Å². The van der Waals surface area contributed by atoms with Crippen molar-refractivity contribution >= 4 is 11.7 Å². The number of nitrogens with one attached hydrogen (secondary N) is 1. The number of carbonyl (C=O) groups excluding carboxylic acids is 2. The molecule has 0 bridgehead atoms. The van der Waals surface area contributed by atoms with E-state index >= 15 is 0 Å². The van der Waals surface area contributed by atoms with Crippen molar-refractivity contribution in [3.8, 4) is 0 Å². The second kappa shape index (κ2) is 8.03. The molecule has 27 heavy (non-hydrogen) atoms. The molecule has 6 heteroatoms. The molecule has 2 aromatic rings. The Labute approximate surface area is 160 Å². The van der Waals surface area contributed by atoms with Gasteiger partial charge in [-0.05, 0) is 23.8 Å². The van der Waals surface area contributed by atoms with Crippen LogP contribution in [0, 0.1) is 0 Å². The molecule has 1 aromatic heterocycles. The molecule has 0 saturated carbocycles. The van der Waals surface area contributed by atoms with E-state index in [1.807, 2.05) is 12.1 Å². The Morgan fingerprint density at radius 1 is 1.07 bits per heavy atom. The van der Waals surface area contributed by atoms with E-state index in [1.165, 1.54) is 6.42 Å². The number of fused-ring (bicyclic) bond motifs is 1. The molecule has 0 aliphatic carbocycles. The number of Topliss-reactive ketones (excluding diaryl/α,β-unsaturated/α-hetero) is 1. The quantitative estimate of drug-likeness (QED) is 0.650. The van der Waals surface area contributed by atoms with Crippen LogP contribution in [0.4, 0.5) is 0 Å². The summed E-state index contributed by atoms with van der Waals surface area (Å²) >= 11 is 0. The Morgan fingerprint density at radius 3 is 2.52 bits per heavy atom. The predicted molar refractivity (Wildman–Crippen MR) is 104 cm³/mol. The first-order valence-electron chi connectivity index (χ1n) is 9.70. The maximum atomic E-state index is 12.3. The van der Waals surface area contributed by atoms with Gasteiger partial charge in [-0.15, -0.1) is 10.2 Å². The van der Waals surface area contributed by atoms with Gasteiger partial charge in [0.1, 0.15) is 11.6 Å². The minimum absolute atomic E-state index is 0.0140. The summed E-state index contributed by atoms with van der Waals surface area (Å²) in [6, 6.07) is 7.26. The number of nitrogens with zero attached hydrogens (tertiary/aromatic N) is 3. The van der Waals surface area contributed by atoms with Crippen molar-refractivity contribution in [3.05, 3.63) is 47.0 Å². The second-order valence-corrected chi connectivity index (χ2v) is 8.16. The Hall–Kier alpha value is -2.50. The average Bonchev–Trinajstić information content (AvgIpc) is 2.87. The Kier molecular flexibility index (Phi) is 5.73. The van der Waals surface area contributed by atoms with Crippen molar-refractivity contribution in [3.63, 3.8) is 0 Å². The minimum Gasteiger partial charge on any atom is -0.349 e. The number of aromatic nitrogens is 3. The van der Waals surface area contributed by atoms with Gasteiger partial charge in [-0.2, -0.15) is 0 Å². The van der Waals surface area contributed by atoms with E-state index < -0.39 is 11.7 Å². The summed E-state index contributed by atoms with van der Waals surface area (Å²) in [5.74, 6) is 0.836. The molecule has 0 radical (unpaired) electrons. The molecule has 2 heterocycles. The SMILES string of the molecule is CC(C)(C)c1ccc(C(=O)C(=O)NCCc2nnc3n2CCCCC3)cc1. The molecule has 0 unspecified atom stereocenters. The van der Waals surface area contributed by atoms with Gasteiger partial charge < -0.3 is 9.88 Å². The lowest BCUT2D eigenvalue weighted by Crippen LogP contribution is -2.33. The van der Waals surface area contributed by atoms with Gasteiger partial charge in [0, 0.05) is 31.5 Å². The van der Waals surface area contributed by atoms with E-state index in [9.17, 15) is 9.59 Å². The summed E-state index contributed by atoms with van der Waals surface area (Å²) in [6.07, 6.45) is 5.03. The van der Waals surface area contributed by atoms with E-state index in [4.69, 9.17) is 0 Å². The fraction of sp³-hybridized carbons (Fsp3) is 0.524. The predicted octanol–water partition coefficient (Wildman–Crippen LogP) is 2.84. The van der Waals surface area contributed by atoms with Gasteiger partial charge in [0.25, 0.3) is 5.91 Å². The second-order valence-electron chi connectivity index (χ2n) is 8.16. The number of amides is 1. The molecule has 1 amide bonds. The average molecular weight is 368 g/mol. The normalized spacial score (nSPS) is 14.3. The van der Waals surface area contributed by atoms with Crippen molar-refractivity contribution in [1.29, 1.82) is 0 Å². The van der Waals surface area contributed by atoms with Crippen molar-refractivity contribution < 1.29 is 9.59 Å². The zero-order valence-corrected chi connectivity index (χ0v) is 16.4. The van der Waals surface area contributed by atoms with E-state index in [1.54, 1.807) is 12.1 Å². The molecule has 0 saturated heterocycles. The Morgan fingerprint density at radius 2 is 1.81 bits per heavy atom. The maximum Gasteiger partial charge on any atom is 0.292 e. The van der Waals surface area contributed by atoms with Crippen molar-refractivity contribution in [2.24, 2.45) is 0 Å². The molecule has 6 nitrogen and oxygen atoms in total. The number of aryl methyl sites for hydroxylation is 1. The summed E-state index contributed by atoms with van der Waals surface area (Å²) in [4.78, 5) is 24.5. The third-order valence-corrected chi connectivity index (χ3v) is 5.04. The third kappa shape index (κ3) is 4.62. The first-order chi connectivity index (χ1) is 12.9. The van der Waals surface area contributed by atoms with Gasteiger partial charge in [0.15, 0.2) is 0 Å². The van der Waals surface area contributed by atoms with Crippen molar-refractivity contribution in [1.82, 2.24) is 20.1 Å². The summed E-state index contributed by atoms with van der Waals surface area (Å²) in [7, 11) is 0. The highest BCUT2D eigenvalue weighted by Crippen LogP contribution is 2.22. The molecule has 3 rings (SSSR count). The fourth-order valence-electron chi connectivity index (χ4n) is 3.35. The van der Waals surface area contributed by atoms with E-state index in [-0.39, 0.29) is 5.41 Å². The van der Waals surface area contributed by atoms with E-state index in [0.29, 0.717) is 18.5 Å². The van der Waals surface area contributed by atoms with Crippen LogP contribution in [0.5, 0.6) is 0 Å². The van der Waals surface area contributed by atoms with Gasteiger partial charge in [-0.1, -0.05) is 51.5 Å². The number of ketones is 1. The first-order valence-corrected chi connectivity index (χ1v) is 9.70. The topological polar surface area (TPSA) is 76.9 Å². The van der Waals surface area contributed by atoms with Gasteiger partial charge >= 0.3 is 0 Å². The van der Waals surface area contributed by atoms with Crippen LogP contribution >= 0.6 is 0 Å². The molecule has 0 fully saturated rings. The lowest BCUT2D eigenvalue weighted by atomic mass is 9.86. The molecular formula is C21H28N4O2. The molecule has 1 N–H and O–H groups in total. The van der Waals surface area contributed by atoms with Crippen LogP contribution in [0.15, 0.2) is 24.3 Å². The molecular weight excluding hydrogens is 340 g/mol. The number of hydrogen-bond donors (Lipinski definition) is 1. The smallest absolute Gasteiger partial charge is 0.292 e. The Balaban J connectivity index is 1.55. The lowest BCUT2D eigenvalue weighted by Gasteiger charge is -2.18. The van der Waals surface area contributed by atoms with Crippen LogP contribution < -0.4 is 5.32 Å². The molecule has 0 atom stereocenters. The highest BCUT2D eigenvalue weighted by molar-refractivity contribution is 6.42. The number of carbonyl (C=O) groups is 2. The monoisotopic (exact) mass is 368 g/mol. The molecule has 144 valence electrons. The summed E-state index contributed by atoms with van der Waals surface area (Å²) in [5, 5.41) is 11.2. The minimum atomic E-state index is -0.575. The van der Waals surface area contributed by atoms with Crippen LogP contribution in [0.3, 0.4) is 0 Å². The zero-order valence-electron chi connectivity index (χ0n) is 16.4. The summed E-state index contributed by atoms with van der Waals surface area (Å²) in [6.45, 7) is 7.65. The van der Waals surface area contributed by atoms with Gasteiger partial charge in [0.2, 0.25) is 5.78 Å². The standard InChI is InChI=1S/C21H28N4O2/c1-21(2,3)16-10-8-15(9-11-16)19(26)20(27)22-13-12-18-24-23-17-7-5-4-6-14-25(17)18/h8-11H,4-7,12-14H2,1-3H3,(H,22,27). The van der Waals surface area contributed by atoms with Crippen LogP contribution in [0.25, 0.3) is 0 Å². The molecule has 1 aliphatic rings. The Bertz CT molecular complexity index is 816. The largest absolute Gasteiger partial charge is 0.349 e. The maximum absolute atomic E-state index is 12.3. The zero-order chi connectivity index (χ0) is 19.4. The number of rotatable bonds is 5. The highest BCUT2D eigenvalue weighted by Gasteiger charge is 2.19. The fourth-order valence-corrected chi connectivity index (χ4v) is 3.35. The first kappa shape index (κ1) is 19.3. The molecule has 0 spiro atoms. The van der Waals surface area contributed by atoms with Gasteiger partial charge in [0.05, 0.1) is 0 Å². The summed E-state index contributed by atoms with van der Waals surface area (Å²) < 4.78 is 2.16. The highest BCUT2D eigenvalue weighted by atomic mass is 16.2. The van der Waals surface area contributed by atoms with Crippen LogP contribution in [-0.2, 0) is 29.6 Å². The van der Waals surface area contributed by atoms with Crippen LogP contribution in [0.1, 0.15) is 67.6 Å². The molecule has 1 aliphatic heterocycles. The number of hydrogen-bond acceptors (Lipinski definition) is 4. The molecule has 1 aromatic carbocycles. The van der Waals surface area contributed by atoms with Crippen LogP contribution in [-0.4, -0.2) is 33.0 Å². The van der Waals surface area contributed by atoms with E-state index in [0.717, 1.165) is 43.0 Å². The third-order valence-electron chi connectivity index (χ3n) is 5.04. The number of benzene rings is 1. The van der Waals surface area contributed by atoms with Crippen LogP contribution in [0.2, 0.25) is 0 Å². The van der Waals surface area contributed by atoms with Gasteiger partial charge in [-0.25, -0.2) is 0 Å². The van der Waals surface area contributed by atoms with Crippen molar-refractivity contribution in [2.45, 2.75) is 64.8 Å². The van der Waals surface area contributed by atoms with Crippen molar-refractivity contribution in [2.75, 3.05) is 6.54 Å². The lowest BCUT2D eigenvalue weighted by molar-refractivity contribution is -0.116. The van der Waals surface area contributed by atoms with E-state index in [2.05, 4.69) is 40.9 Å².